The summed E-state index contributed by atoms with van der Waals surface area (Å²) in [5.41, 5.74) is 0. The Morgan fingerprint density at radius 3 is 2.88 bits per heavy atom. The second kappa shape index (κ2) is 7.90. The monoisotopic (exact) mass is 237 g/mol. The van der Waals surface area contributed by atoms with Gasteiger partial charge in [-0.05, 0) is 18.6 Å². The van der Waals surface area contributed by atoms with Crippen LogP contribution in [0.15, 0.2) is 18.3 Å². The highest BCUT2D eigenvalue weighted by atomic mass is 16.5. The average molecular weight is 237 g/mol. The van der Waals surface area contributed by atoms with Gasteiger partial charge in [0.1, 0.15) is 0 Å². The molecule has 0 spiro atoms. The van der Waals surface area contributed by atoms with Gasteiger partial charge in [-0.3, -0.25) is 0 Å². The topological polar surface area (TPSA) is 46.2 Å². The summed E-state index contributed by atoms with van der Waals surface area (Å²) in [5, 5.41) is 6.63. The van der Waals surface area contributed by atoms with Crippen molar-refractivity contribution in [1.82, 2.24) is 10.3 Å². The van der Waals surface area contributed by atoms with Gasteiger partial charge in [-0.1, -0.05) is 20.8 Å². The number of nitrogens with zero attached hydrogens (tertiary/aromatic N) is 1. The molecule has 17 heavy (non-hydrogen) atoms. The zero-order valence-corrected chi connectivity index (χ0v) is 11.0. The van der Waals surface area contributed by atoms with Gasteiger partial charge in [0.05, 0.1) is 6.61 Å². The van der Waals surface area contributed by atoms with Crippen molar-refractivity contribution in [2.24, 2.45) is 0 Å². The maximum atomic E-state index is 5.62. The summed E-state index contributed by atoms with van der Waals surface area (Å²) in [7, 11) is 0. The quantitative estimate of drug-likeness (QED) is 0.681. The van der Waals surface area contributed by atoms with Crippen molar-refractivity contribution in [3.63, 3.8) is 0 Å². The van der Waals surface area contributed by atoms with Crippen molar-refractivity contribution in [3.05, 3.63) is 18.3 Å². The smallest absolute Gasteiger partial charge is 0.168 e. The van der Waals surface area contributed by atoms with Gasteiger partial charge in [-0.2, -0.15) is 0 Å². The molecule has 0 fully saturated rings. The van der Waals surface area contributed by atoms with E-state index in [1.54, 1.807) is 6.20 Å². The van der Waals surface area contributed by atoms with E-state index in [1.807, 2.05) is 12.1 Å². The van der Waals surface area contributed by atoms with E-state index in [2.05, 4.69) is 36.4 Å². The van der Waals surface area contributed by atoms with Crippen LogP contribution in [0.3, 0.4) is 0 Å². The highest BCUT2D eigenvalue weighted by Gasteiger charge is 2.03. The number of anilines is 1. The number of nitrogens with one attached hydrogen (secondary N) is 2. The first-order valence-corrected chi connectivity index (χ1v) is 6.29. The van der Waals surface area contributed by atoms with Crippen LogP contribution in [0.1, 0.15) is 27.2 Å². The Labute approximate surface area is 104 Å². The van der Waals surface area contributed by atoms with Crippen LogP contribution < -0.4 is 15.4 Å². The summed E-state index contributed by atoms with van der Waals surface area (Å²) >= 11 is 0. The molecule has 0 atom stereocenters. The first-order chi connectivity index (χ1) is 8.24. The molecule has 0 aromatic carbocycles. The van der Waals surface area contributed by atoms with E-state index < -0.39 is 0 Å². The minimum Gasteiger partial charge on any atom is -0.490 e. The molecule has 96 valence electrons. The van der Waals surface area contributed by atoms with Crippen LogP contribution in [0.25, 0.3) is 0 Å². The molecule has 2 N–H and O–H groups in total. The van der Waals surface area contributed by atoms with Gasteiger partial charge in [0, 0.05) is 25.3 Å². The SMILES string of the molecule is CCCOc1cccnc1NCCNC(C)C. The molecule has 0 bridgehead atoms. The van der Waals surface area contributed by atoms with E-state index in [0.717, 1.165) is 37.7 Å². The van der Waals surface area contributed by atoms with Crippen molar-refractivity contribution >= 4 is 5.82 Å². The summed E-state index contributed by atoms with van der Waals surface area (Å²) in [5.74, 6) is 1.66. The van der Waals surface area contributed by atoms with Crippen molar-refractivity contribution < 1.29 is 4.74 Å². The Morgan fingerprint density at radius 1 is 1.35 bits per heavy atom. The lowest BCUT2D eigenvalue weighted by Crippen LogP contribution is -2.28. The molecule has 4 heteroatoms. The highest BCUT2D eigenvalue weighted by molar-refractivity contribution is 5.49. The van der Waals surface area contributed by atoms with Gasteiger partial charge in [0.15, 0.2) is 11.6 Å². The lowest BCUT2D eigenvalue weighted by atomic mass is 10.4. The Balaban J connectivity index is 2.40. The van der Waals surface area contributed by atoms with E-state index in [9.17, 15) is 0 Å². The third-order valence-corrected chi connectivity index (χ3v) is 2.20. The van der Waals surface area contributed by atoms with Crippen LogP contribution in [0.4, 0.5) is 5.82 Å². The van der Waals surface area contributed by atoms with Gasteiger partial charge in [0.2, 0.25) is 0 Å². The van der Waals surface area contributed by atoms with Gasteiger partial charge in [0.25, 0.3) is 0 Å². The summed E-state index contributed by atoms with van der Waals surface area (Å²) in [6, 6.07) is 4.35. The third-order valence-electron chi connectivity index (χ3n) is 2.20. The van der Waals surface area contributed by atoms with Crippen LogP contribution in [0, 0.1) is 0 Å². The molecule has 1 aromatic rings. The molecule has 1 aromatic heterocycles. The normalized spacial score (nSPS) is 10.6. The Kier molecular flexibility index (Phi) is 6.40. The largest absolute Gasteiger partial charge is 0.490 e. The molecular formula is C13H23N3O. The Morgan fingerprint density at radius 2 is 2.18 bits per heavy atom. The minimum absolute atomic E-state index is 0.511. The molecule has 0 aliphatic heterocycles. The number of hydrogen-bond acceptors (Lipinski definition) is 4. The maximum absolute atomic E-state index is 5.62. The molecule has 0 aliphatic carbocycles. The first-order valence-electron chi connectivity index (χ1n) is 6.29. The molecular weight excluding hydrogens is 214 g/mol. The van der Waals surface area contributed by atoms with E-state index in [1.165, 1.54) is 0 Å². The predicted molar refractivity (Wildman–Crippen MR) is 71.7 cm³/mol. The zero-order valence-electron chi connectivity index (χ0n) is 11.0. The summed E-state index contributed by atoms with van der Waals surface area (Å²) in [4.78, 5) is 4.28. The van der Waals surface area contributed by atoms with E-state index >= 15 is 0 Å². The number of pyridine rings is 1. The van der Waals surface area contributed by atoms with Crippen LogP contribution in [-0.2, 0) is 0 Å². The summed E-state index contributed by atoms with van der Waals surface area (Å²) < 4.78 is 5.62. The fourth-order valence-corrected chi connectivity index (χ4v) is 1.39. The minimum atomic E-state index is 0.511. The third kappa shape index (κ3) is 5.54. The van der Waals surface area contributed by atoms with Crippen molar-refractivity contribution in [2.45, 2.75) is 33.2 Å². The number of rotatable bonds is 8. The molecule has 0 saturated carbocycles. The average Bonchev–Trinajstić information content (AvgIpc) is 2.33. The standard InChI is InChI=1S/C13H23N3O/c1-4-10-17-12-6-5-7-15-13(12)16-9-8-14-11(2)3/h5-7,11,14H,4,8-10H2,1-3H3,(H,15,16). The van der Waals surface area contributed by atoms with Crippen molar-refractivity contribution in [3.8, 4) is 5.75 Å². The van der Waals surface area contributed by atoms with Gasteiger partial charge in [-0.25, -0.2) is 4.98 Å². The predicted octanol–water partition coefficient (Wildman–Crippen LogP) is 2.28. The number of ether oxygens (including phenoxy) is 1. The molecule has 0 saturated heterocycles. The fourth-order valence-electron chi connectivity index (χ4n) is 1.39. The molecule has 0 aliphatic rings. The number of aromatic nitrogens is 1. The van der Waals surface area contributed by atoms with Crippen molar-refractivity contribution in [1.29, 1.82) is 0 Å². The summed E-state index contributed by atoms with van der Waals surface area (Å²) in [6.45, 7) is 8.85. The molecule has 0 radical (unpaired) electrons. The van der Waals surface area contributed by atoms with Crippen molar-refractivity contribution in [2.75, 3.05) is 25.0 Å². The summed E-state index contributed by atoms with van der Waals surface area (Å²) in [6.07, 6.45) is 2.78. The van der Waals surface area contributed by atoms with Crippen LogP contribution >= 0.6 is 0 Å². The van der Waals surface area contributed by atoms with Gasteiger partial charge in [-0.15, -0.1) is 0 Å². The lowest BCUT2D eigenvalue weighted by molar-refractivity contribution is 0.318. The Hall–Kier alpha value is -1.29. The molecule has 0 unspecified atom stereocenters. The van der Waals surface area contributed by atoms with E-state index in [-0.39, 0.29) is 0 Å². The van der Waals surface area contributed by atoms with E-state index in [4.69, 9.17) is 4.74 Å². The molecule has 1 heterocycles. The second-order valence-electron chi connectivity index (χ2n) is 4.23. The maximum Gasteiger partial charge on any atom is 0.168 e. The van der Waals surface area contributed by atoms with Gasteiger partial charge < -0.3 is 15.4 Å². The first kappa shape index (κ1) is 13.8. The fraction of sp³-hybridized carbons (Fsp3) is 0.615. The van der Waals surface area contributed by atoms with E-state index in [0.29, 0.717) is 6.04 Å². The van der Waals surface area contributed by atoms with Crippen LogP contribution in [0.2, 0.25) is 0 Å². The zero-order chi connectivity index (χ0) is 12.5. The van der Waals surface area contributed by atoms with Gasteiger partial charge >= 0.3 is 0 Å². The van der Waals surface area contributed by atoms with Crippen LogP contribution in [-0.4, -0.2) is 30.7 Å². The lowest BCUT2D eigenvalue weighted by Gasteiger charge is -2.12. The van der Waals surface area contributed by atoms with Crippen LogP contribution in [0.5, 0.6) is 5.75 Å². The molecule has 4 nitrogen and oxygen atoms in total. The highest BCUT2D eigenvalue weighted by Crippen LogP contribution is 2.20. The number of hydrogen-bond donors (Lipinski definition) is 2. The Bertz CT molecular complexity index is 315. The molecule has 1 rings (SSSR count). The second-order valence-corrected chi connectivity index (χ2v) is 4.23. The molecule has 0 amide bonds.